The molecule has 0 radical (unpaired) electrons. The van der Waals surface area contributed by atoms with Crippen LogP contribution in [0.5, 0.6) is 0 Å². The number of hydrogen-bond acceptors (Lipinski definition) is 15. The third kappa shape index (κ3) is 68.6. The summed E-state index contributed by atoms with van der Waals surface area (Å²) in [6, 6.07) is 0. The summed E-state index contributed by atoms with van der Waals surface area (Å²) in [5, 5.41) is 10.6. The highest BCUT2D eigenvalue weighted by Crippen LogP contribution is 2.45. The molecule has 0 bridgehead atoms. The lowest BCUT2D eigenvalue weighted by molar-refractivity contribution is -0.161. The molecule has 0 aromatic carbocycles. The minimum absolute atomic E-state index is 0.107. The van der Waals surface area contributed by atoms with E-state index in [0.717, 1.165) is 109 Å². The van der Waals surface area contributed by atoms with E-state index in [-0.39, 0.29) is 25.7 Å². The number of carbonyl (C=O) groups is 4. The van der Waals surface area contributed by atoms with Crippen LogP contribution in [0.15, 0.2) is 0 Å². The van der Waals surface area contributed by atoms with Crippen molar-refractivity contribution in [3.8, 4) is 0 Å². The van der Waals surface area contributed by atoms with E-state index < -0.39 is 97.5 Å². The fourth-order valence-corrected chi connectivity index (χ4v) is 13.1. The number of esters is 4. The Bertz CT molecular complexity index is 1810. The number of rotatable bonds is 75. The normalized spacial score (nSPS) is 14.0. The first-order chi connectivity index (χ1) is 45.5. The lowest BCUT2D eigenvalue weighted by Gasteiger charge is -2.21. The van der Waals surface area contributed by atoms with Gasteiger partial charge in [0.15, 0.2) is 12.2 Å². The zero-order chi connectivity index (χ0) is 69.1. The molecule has 2 unspecified atom stereocenters. The molecule has 0 heterocycles. The third-order valence-electron chi connectivity index (χ3n) is 17.5. The van der Waals surface area contributed by atoms with Gasteiger partial charge in [-0.05, 0) is 31.6 Å². The standard InChI is InChI=1S/C75H146O17P2/c1-6-9-12-15-18-20-22-23-24-25-26-27-28-29-32-37-41-46-51-56-61-75(80)92-71(65-86-73(78)59-54-49-44-39-36-33-30-31-35-38-43-47-52-57-68(4)5)67-90-94(83,84)88-63-69(76)62-87-93(81,82)89-66-70(64-85-72(77)58-53-48-42-17-14-11-8-3)91-74(79)60-55-50-45-40-34-21-19-16-13-10-7-2/h68-71,76H,6-67H2,1-5H3,(H,81,82)(H,83,84)/t69-,70+,71+/m0/s1. The van der Waals surface area contributed by atoms with Gasteiger partial charge in [-0.25, -0.2) is 9.13 Å². The number of carbonyl (C=O) groups excluding carboxylic acids is 4. The molecule has 19 heteroatoms. The van der Waals surface area contributed by atoms with Crippen molar-refractivity contribution in [3.05, 3.63) is 0 Å². The minimum Gasteiger partial charge on any atom is -0.462 e. The van der Waals surface area contributed by atoms with E-state index >= 15 is 0 Å². The van der Waals surface area contributed by atoms with Crippen LogP contribution >= 0.6 is 15.6 Å². The van der Waals surface area contributed by atoms with E-state index in [1.165, 1.54) is 205 Å². The van der Waals surface area contributed by atoms with Crippen molar-refractivity contribution in [3.63, 3.8) is 0 Å². The number of aliphatic hydroxyl groups is 1. The molecule has 558 valence electrons. The Morgan fingerprint density at radius 3 is 0.723 bits per heavy atom. The van der Waals surface area contributed by atoms with E-state index in [2.05, 4.69) is 34.6 Å². The van der Waals surface area contributed by atoms with Crippen LogP contribution in [0.25, 0.3) is 0 Å². The fourth-order valence-electron chi connectivity index (χ4n) is 11.5. The SMILES string of the molecule is CCCCCCCCCCCCCCCCCCCCCCC(=O)O[C@H](COC(=O)CCCCCCCCCCCCCCCC(C)C)COP(=O)(O)OC[C@@H](O)COP(=O)(O)OC[C@@H](COC(=O)CCCCCCCCC)OC(=O)CCCCCCCCCCCCC. The first kappa shape index (κ1) is 92.1. The van der Waals surface area contributed by atoms with Crippen molar-refractivity contribution in [2.45, 2.75) is 412 Å². The largest absolute Gasteiger partial charge is 0.472 e. The number of ether oxygens (including phenoxy) is 4. The first-order valence-electron chi connectivity index (χ1n) is 39.1. The molecule has 0 spiro atoms. The van der Waals surface area contributed by atoms with Crippen molar-refractivity contribution in [1.29, 1.82) is 0 Å². The second-order valence-corrected chi connectivity index (χ2v) is 30.4. The highest BCUT2D eigenvalue weighted by atomic mass is 31.2. The predicted molar refractivity (Wildman–Crippen MR) is 382 cm³/mol. The number of phosphoric ester groups is 2. The van der Waals surface area contributed by atoms with Crippen LogP contribution < -0.4 is 0 Å². The summed E-state index contributed by atoms with van der Waals surface area (Å²) in [6.45, 7) is 7.26. The van der Waals surface area contributed by atoms with Crippen LogP contribution in [0.3, 0.4) is 0 Å². The Hall–Kier alpha value is -1.94. The molecule has 0 aromatic heterocycles. The molecule has 0 aliphatic rings. The van der Waals surface area contributed by atoms with Crippen LogP contribution in [0, 0.1) is 5.92 Å². The summed E-state index contributed by atoms with van der Waals surface area (Å²) in [4.78, 5) is 72.6. The van der Waals surface area contributed by atoms with Gasteiger partial charge in [-0.2, -0.15) is 0 Å². The molecular weight excluding hydrogens is 1230 g/mol. The molecular formula is C75H146O17P2. The van der Waals surface area contributed by atoms with Gasteiger partial charge in [-0.3, -0.25) is 37.3 Å². The monoisotopic (exact) mass is 1380 g/mol. The van der Waals surface area contributed by atoms with Gasteiger partial charge in [-0.1, -0.05) is 343 Å². The van der Waals surface area contributed by atoms with E-state index in [0.29, 0.717) is 25.7 Å². The lowest BCUT2D eigenvalue weighted by atomic mass is 10.0. The second kappa shape index (κ2) is 68.2. The second-order valence-electron chi connectivity index (χ2n) is 27.5. The van der Waals surface area contributed by atoms with Crippen LogP contribution in [-0.2, 0) is 65.4 Å². The van der Waals surface area contributed by atoms with Gasteiger partial charge in [0.1, 0.15) is 19.3 Å². The quantitative estimate of drug-likeness (QED) is 0.0222. The highest BCUT2D eigenvalue weighted by Gasteiger charge is 2.30. The smallest absolute Gasteiger partial charge is 0.462 e. The van der Waals surface area contributed by atoms with Crippen LogP contribution in [0.2, 0.25) is 0 Å². The van der Waals surface area contributed by atoms with Crippen molar-refractivity contribution in [2.75, 3.05) is 39.6 Å². The Balaban J connectivity index is 5.17. The van der Waals surface area contributed by atoms with Crippen LogP contribution in [0.1, 0.15) is 394 Å². The van der Waals surface area contributed by atoms with Gasteiger partial charge < -0.3 is 33.8 Å². The molecule has 0 fully saturated rings. The molecule has 0 aliphatic carbocycles. The minimum atomic E-state index is -4.95. The van der Waals surface area contributed by atoms with Crippen molar-refractivity contribution < 1.29 is 80.2 Å². The number of aliphatic hydroxyl groups excluding tert-OH is 1. The maximum absolute atomic E-state index is 13.1. The highest BCUT2D eigenvalue weighted by molar-refractivity contribution is 7.47. The average molecular weight is 1380 g/mol. The predicted octanol–water partition coefficient (Wildman–Crippen LogP) is 22.1. The van der Waals surface area contributed by atoms with E-state index in [9.17, 15) is 43.2 Å². The van der Waals surface area contributed by atoms with Crippen molar-refractivity contribution >= 4 is 39.5 Å². The number of phosphoric acid groups is 2. The summed E-state index contributed by atoms with van der Waals surface area (Å²) in [6.07, 6.45) is 57.1. The zero-order valence-corrected chi connectivity index (χ0v) is 62.9. The van der Waals surface area contributed by atoms with E-state index in [4.69, 9.17) is 37.0 Å². The Morgan fingerprint density at radius 2 is 0.489 bits per heavy atom. The molecule has 0 rings (SSSR count). The fraction of sp³-hybridized carbons (Fsp3) is 0.947. The summed E-state index contributed by atoms with van der Waals surface area (Å²) < 4.78 is 68.3. The summed E-state index contributed by atoms with van der Waals surface area (Å²) in [5.41, 5.74) is 0. The third-order valence-corrected chi connectivity index (χ3v) is 19.4. The van der Waals surface area contributed by atoms with Gasteiger partial charge >= 0.3 is 39.5 Å². The van der Waals surface area contributed by atoms with Crippen LogP contribution in [-0.4, -0.2) is 96.7 Å². The maximum atomic E-state index is 13.1. The summed E-state index contributed by atoms with van der Waals surface area (Å²) >= 11 is 0. The molecule has 0 amide bonds. The molecule has 0 saturated heterocycles. The van der Waals surface area contributed by atoms with E-state index in [1.54, 1.807) is 0 Å². The van der Waals surface area contributed by atoms with Crippen molar-refractivity contribution in [1.82, 2.24) is 0 Å². The number of hydrogen-bond donors (Lipinski definition) is 3. The molecule has 0 aromatic rings. The Kier molecular flexibility index (Phi) is 66.8. The van der Waals surface area contributed by atoms with E-state index in [1.807, 2.05) is 0 Å². The molecule has 17 nitrogen and oxygen atoms in total. The zero-order valence-electron chi connectivity index (χ0n) is 61.1. The average Bonchev–Trinajstić information content (AvgIpc) is 1.65. The van der Waals surface area contributed by atoms with Gasteiger partial charge in [0.25, 0.3) is 0 Å². The van der Waals surface area contributed by atoms with Gasteiger partial charge in [0.2, 0.25) is 0 Å². The maximum Gasteiger partial charge on any atom is 0.472 e. The lowest BCUT2D eigenvalue weighted by Crippen LogP contribution is -2.30. The number of unbranched alkanes of at least 4 members (excludes halogenated alkanes) is 47. The van der Waals surface area contributed by atoms with Gasteiger partial charge in [0.05, 0.1) is 26.4 Å². The Labute approximate surface area is 575 Å². The summed E-state index contributed by atoms with van der Waals surface area (Å²) in [7, 11) is -9.90. The van der Waals surface area contributed by atoms with Crippen molar-refractivity contribution in [2.24, 2.45) is 5.92 Å². The molecule has 0 aliphatic heterocycles. The molecule has 94 heavy (non-hydrogen) atoms. The molecule has 0 saturated carbocycles. The molecule has 5 atom stereocenters. The molecule has 3 N–H and O–H groups in total. The van der Waals surface area contributed by atoms with Crippen LogP contribution in [0.4, 0.5) is 0 Å². The van der Waals surface area contributed by atoms with Gasteiger partial charge in [-0.15, -0.1) is 0 Å². The van der Waals surface area contributed by atoms with Gasteiger partial charge in [0, 0.05) is 25.7 Å². The topological polar surface area (TPSA) is 237 Å². The Morgan fingerprint density at radius 1 is 0.287 bits per heavy atom. The first-order valence-corrected chi connectivity index (χ1v) is 42.1. The summed E-state index contributed by atoms with van der Waals surface area (Å²) in [5.74, 6) is -1.33.